The molecule has 1 rings (SSSR count). The molecule has 0 aliphatic carbocycles. The zero-order chi connectivity index (χ0) is 10.1. The fourth-order valence-corrected chi connectivity index (χ4v) is 2.08. The molecular weight excluding hydrogens is 202 g/mol. The Kier molecular flexibility index (Phi) is 4.89. The van der Waals surface area contributed by atoms with Crippen LogP contribution in [-0.4, -0.2) is 23.7 Å². The molecule has 2 N–H and O–H groups in total. The molecule has 0 radical (unpaired) electrons. The molecule has 1 heterocycles. The summed E-state index contributed by atoms with van der Waals surface area (Å²) in [4.78, 5) is 10.9. The highest BCUT2D eigenvalue weighted by Gasteiger charge is 2.37. The van der Waals surface area contributed by atoms with Crippen LogP contribution >= 0.6 is 12.4 Å². The summed E-state index contributed by atoms with van der Waals surface area (Å²) in [6.07, 6.45) is 2.11. The molecule has 1 aliphatic rings. The SMILES string of the molecule is CC(C)(C)[C@@H]1CCCN[C@@H]1C(=O)O.Cl. The van der Waals surface area contributed by atoms with Crippen LogP contribution in [0.4, 0.5) is 0 Å². The Balaban J connectivity index is 0.00000169. The molecule has 0 saturated carbocycles. The maximum Gasteiger partial charge on any atom is 0.321 e. The molecule has 0 amide bonds. The van der Waals surface area contributed by atoms with E-state index < -0.39 is 5.97 Å². The number of carboxylic acid groups (broad SMARTS) is 1. The van der Waals surface area contributed by atoms with Gasteiger partial charge in [0.2, 0.25) is 0 Å². The zero-order valence-corrected chi connectivity index (χ0v) is 9.86. The van der Waals surface area contributed by atoms with Gasteiger partial charge in [-0.25, -0.2) is 0 Å². The predicted molar refractivity (Wildman–Crippen MR) is 58.9 cm³/mol. The highest BCUT2D eigenvalue weighted by atomic mass is 35.5. The van der Waals surface area contributed by atoms with Gasteiger partial charge in [0.15, 0.2) is 0 Å². The van der Waals surface area contributed by atoms with Crippen LogP contribution in [0.3, 0.4) is 0 Å². The van der Waals surface area contributed by atoms with Crippen molar-refractivity contribution in [3.63, 3.8) is 0 Å². The standard InChI is InChI=1S/C10H19NO2.ClH/c1-10(2,3)7-5-4-6-11-8(7)9(12)13;/h7-8,11H,4-6H2,1-3H3,(H,12,13);1H/t7-,8+;/m1./s1. The normalized spacial score (nSPS) is 27.9. The number of carbonyl (C=O) groups is 1. The van der Waals surface area contributed by atoms with Crippen LogP contribution in [0, 0.1) is 11.3 Å². The maximum atomic E-state index is 10.9. The molecule has 0 unspecified atom stereocenters. The van der Waals surface area contributed by atoms with Gasteiger partial charge < -0.3 is 10.4 Å². The van der Waals surface area contributed by atoms with Crippen molar-refractivity contribution < 1.29 is 9.90 Å². The molecule has 14 heavy (non-hydrogen) atoms. The van der Waals surface area contributed by atoms with Crippen molar-refractivity contribution in [2.45, 2.75) is 39.7 Å². The molecule has 2 atom stereocenters. The lowest BCUT2D eigenvalue weighted by Crippen LogP contribution is -2.51. The second-order valence-electron chi connectivity index (χ2n) is 4.88. The average molecular weight is 222 g/mol. The molecule has 84 valence electrons. The highest BCUT2D eigenvalue weighted by Crippen LogP contribution is 2.34. The summed E-state index contributed by atoms with van der Waals surface area (Å²) in [5, 5.41) is 12.1. The molecule has 0 aromatic heterocycles. The van der Waals surface area contributed by atoms with Crippen molar-refractivity contribution in [1.29, 1.82) is 0 Å². The Morgan fingerprint density at radius 3 is 2.36 bits per heavy atom. The fourth-order valence-electron chi connectivity index (χ4n) is 2.08. The summed E-state index contributed by atoms with van der Waals surface area (Å²) in [6.45, 7) is 7.17. The van der Waals surface area contributed by atoms with Crippen LogP contribution in [0.25, 0.3) is 0 Å². The van der Waals surface area contributed by atoms with Gasteiger partial charge in [0.1, 0.15) is 6.04 Å². The quantitative estimate of drug-likeness (QED) is 0.711. The molecule has 0 aromatic rings. The van der Waals surface area contributed by atoms with E-state index >= 15 is 0 Å². The summed E-state index contributed by atoms with van der Waals surface area (Å²) < 4.78 is 0. The first-order chi connectivity index (χ1) is 5.93. The van der Waals surface area contributed by atoms with Gasteiger partial charge in [-0.1, -0.05) is 20.8 Å². The maximum absolute atomic E-state index is 10.9. The number of piperidine rings is 1. The van der Waals surface area contributed by atoms with E-state index in [1.807, 2.05) is 0 Å². The van der Waals surface area contributed by atoms with E-state index in [4.69, 9.17) is 5.11 Å². The van der Waals surface area contributed by atoms with E-state index in [0.717, 1.165) is 19.4 Å². The van der Waals surface area contributed by atoms with E-state index in [-0.39, 0.29) is 29.8 Å². The Hall–Kier alpha value is -0.280. The summed E-state index contributed by atoms with van der Waals surface area (Å²) in [5.74, 6) is -0.460. The van der Waals surface area contributed by atoms with Crippen LogP contribution in [-0.2, 0) is 4.79 Å². The number of hydrogen-bond acceptors (Lipinski definition) is 2. The van der Waals surface area contributed by atoms with Gasteiger partial charge >= 0.3 is 5.97 Å². The van der Waals surface area contributed by atoms with Crippen LogP contribution < -0.4 is 5.32 Å². The molecule has 0 spiro atoms. The van der Waals surface area contributed by atoms with Crippen molar-refractivity contribution in [1.82, 2.24) is 5.32 Å². The van der Waals surface area contributed by atoms with Gasteiger partial charge in [0, 0.05) is 0 Å². The van der Waals surface area contributed by atoms with E-state index in [1.54, 1.807) is 0 Å². The molecule has 1 fully saturated rings. The van der Waals surface area contributed by atoms with Crippen molar-refractivity contribution in [2.24, 2.45) is 11.3 Å². The van der Waals surface area contributed by atoms with E-state index in [2.05, 4.69) is 26.1 Å². The first-order valence-corrected chi connectivity index (χ1v) is 4.89. The zero-order valence-electron chi connectivity index (χ0n) is 9.04. The van der Waals surface area contributed by atoms with Gasteiger partial charge in [0.25, 0.3) is 0 Å². The monoisotopic (exact) mass is 221 g/mol. The third kappa shape index (κ3) is 3.14. The van der Waals surface area contributed by atoms with Gasteiger partial charge in [-0.15, -0.1) is 12.4 Å². The minimum absolute atomic E-state index is 0. The summed E-state index contributed by atoms with van der Waals surface area (Å²) in [5.41, 5.74) is 0.0798. The third-order valence-corrected chi connectivity index (χ3v) is 2.84. The van der Waals surface area contributed by atoms with Crippen molar-refractivity contribution in [3.05, 3.63) is 0 Å². The smallest absolute Gasteiger partial charge is 0.321 e. The van der Waals surface area contributed by atoms with Crippen molar-refractivity contribution in [2.75, 3.05) is 6.54 Å². The summed E-state index contributed by atoms with van der Waals surface area (Å²) in [6, 6.07) is -0.353. The van der Waals surface area contributed by atoms with Gasteiger partial charge in [0.05, 0.1) is 0 Å². The number of carboxylic acids is 1. The lowest BCUT2D eigenvalue weighted by atomic mass is 9.72. The second-order valence-corrected chi connectivity index (χ2v) is 4.88. The number of hydrogen-bond donors (Lipinski definition) is 2. The number of rotatable bonds is 1. The Morgan fingerprint density at radius 2 is 2.00 bits per heavy atom. The Morgan fingerprint density at radius 1 is 1.43 bits per heavy atom. The van der Waals surface area contributed by atoms with Crippen molar-refractivity contribution >= 4 is 18.4 Å². The molecule has 4 heteroatoms. The molecule has 1 aliphatic heterocycles. The Labute approximate surface area is 91.7 Å². The number of nitrogens with one attached hydrogen (secondary N) is 1. The first-order valence-electron chi connectivity index (χ1n) is 4.89. The van der Waals surface area contributed by atoms with Crippen LogP contribution in [0.2, 0.25) is 0 Å². The fraction of sp³-hybridized carbons (Fsp3) is 0.900. The Bertz CT molecular complexity index is 201. The molecule has 0 aromatic carbocycles. The summed E-state index contributed by atoms with van der Waals surface area (Å²) in [7, 11) is 0. The summed E-state index contributed by atoms with van der Waals surface area (Å²) >= 11 is 0. The van der Waals surface area contributed by atoms with Gasteiger partial charge in [-0.2, -0.15) is 0 Å². The van der Waals surface area contributed by atoms with Crippen LogP contribution in [0.5, 0.6) is 0 Å². The first kappa shape index (κ1) is 13.7. The lowest BCUT2D eigenvalue weighted by molar-refractivity contribution is -0.143. The minimum atomic E-state index is -0.709. The van der Waals surface area contributed by atoms with Gasteiger partial charge in [-0.3, -0.25) is 4.79 Å². The van der Waals surface area contributed by atoms with Gasteiger partial charge in [-0.05, 0) is 30.7 Å². The third-order valence-electron chi connectivity index (χ3n) is 2.84. The van der Waals surface area contributed by atoms with Crippen LogP contribution in [0.15, 0.2) is 0 Å². The lowest BCUT2D eigenvalue weighted by Gasteiger charge is -2.38. The van der Waals surface area contributed by atoms with E-state index in [0.29, 0.717) is 0 Å². The van der Waals surface area contributed by atoms with Crippen LogP contribution in [0.1, 0.15) is 33.6 Å². The number of halogens is 1. The molecular formula is C10H20ClNO2. The largest absolute Gasteiger partial charge is 0.480 e. The van der Waals surface area contributed by atoms with E-state index in [1.165, 1.54) is 0 Å². The predicted octanol–water partition coefficient (Wildman–Crippen LogP) is 1.91. The second kappa shape index (κ2) is 4.99. The topological polar surface area (TPSA) is 49.3 Å². The van der Waals surface area contributed by atoms with E-state index in [9.17, 15) is 4.79 Å². The van der Waals surface area contributed by atoms with Crippen molar-refractivity contribution in [3.8, 4) is 0 Å². The highest BCUT2D eigenvalue weighted by molar-refractivity contribution is 5.85. The molecule has 1 saturated heterocycles. The number of aliphatic carboxylic acids is 1. The average Bonchev–Trinajstić information content (AvgIpc) is 2.03. The molecule has 0 bridgehead atoms. The minimum Gasteiger partial charge on any atom is -0.480 e. The molecule has 3 nitrogen and oxygen atoms in total.